The van der Waals surface area contributed by atoms with Crippen LogP contribution in [0.3, 0.4) is 0 Å². The summed E-state index contributed by atoms with van der Waals surface area (Å²) in [5.74, 6) is 0.799. The van der Waals surface area contributed by atoms with Crippen LogP contribution >= 0.6 is 0 Å². The summed E-state index contributed by atoms with van der Waals surface area (Å²) in [6.07, 6.45) is 0.285. The molecule has 0 unspecified atom stereocenters. The molecule has 0 spiro atoms. The van der Waals surface area contributed by atoms with Gasteiger partial charge in [0.05, 0.1) is 23.8 Å². The number of carbonyl (C=O) groups is 2. The molecule has 2 aromatic carbocycles. The molecule has 1 aliphatic heterocycles. The zero-order valence-corrected chi connectivity index (χ0v) is 14.0. The molecule has 2 heterocycles. The number of hydrogen-bond acceptors (Lipinski definition) is 6. The third kappa shape index (κ3) is 2.63. The number of methoxy groups -OCH3 is 1. The van der Waals surface area contributed by atoms with Crippen molar-refractivity contribution in [1.29, 1.82) is 0 Å². The zero-order valence-electron chi connectivity index (χ0n) is 14.0. The molecule has 0 aliphatic carbocycles. The van der Waals surface area contributed by atoms with E-state index in [1.165, 1.54) is 4.90 Å². The van der Waals surface area contributed by atoms with Crippen molar-refractivity contribution < 1.29 is 18.8 Å². The number of hydrogen-bond donors (Lipinski definition) is 0. The summed E-state index contributed by atoms with van der Waals surface area (Å²) in [5.41, 5.74) is 1.57. The lowest BCUT2D eigenvalue weighted by Gasteiger charge is -2.11. The minimum absolute atomic E-state index is 0.180. The summed E-state index contributed by atoms with van der Waals surface area (Å²) in [6.45, 7) is 0.180. The van der Waals surface area contributed by atoms with Gasteiger partial charge in [0.2, 0.25) is 11.7 Å². The highest BCUT2D eigenvalue weighted by atomic mass is 16.5. The van der Waals surface area contributed by atoms with Crippen LogP contribution in [0.4, 0.5) is 0 Å². The second-order valence-corrected chi connectivity index (χ2v) is 5.77. The SMILES string of the molecule is COc1ccccc1-c1noc(CCN2C(=O)c3ccccc3C2=O)n1. The van der Waals surface area contributed by atoms with Crippen LogP contribution in [0.15, 0.2) is 53.1 Å². The predicted molar refractivity (Wildman–Crippen MR) is 91.8 cm³/mol. The molecular formula is C19H15N3O4. The van der Waals surface area contributed by atoms with Gasteiger partial charge in [-0.1, -0.05) is 29.4 Å². The second kappa shape index (κ2) is 6.44. The van der Waals surface area contributed by atoms with Crippen LogP contribution in [0, 0.1) is 0 Å². The van der Waals surface area contributed by atoms with Gasteiger partial charge in [0.15, 0.2) is 0 Å². The molecule has 7 nitrogen and oxygen atoms in total. The largest absolute Gasteiger partial charge is 0.496 e. The maximum absolute atomic E-state index is 12.4. The molecule has 26 heavy (non-hydrogen) atoms. The minimum atomic E-state index is -0.296. The van der Waals surface area contributed by atoms with Crippen molar-refractivity contribution in [2.45, 2.75) is 6.42 Å². The van der Waals surface area contributed by atoms with Crippen molar-refractivity contribution in [2.75, 3.05) is 13.7 Å². The first-order valence-electron chi connectivity index (χ1n) is 8.10. The standard InChI is InChI=1S/C19H15N3O4/c1-25-15-9-5-4-8-14(15)17-20-16(26-21-17)10-11-22-18(23)12-6-2-3-7-13(12)19(22)24/h2-9H,10-11H2,1H3. The second-order valence-electron chi connectivity index (χ2n) is 5.77. The number of imide groups is 1. The maximum Gasteiger partial charge on any atom is 0.261 e. The molecule has 2 amide bonds. The van der Waals surface area contributed by atoms with Gasteiger partial charge in [-0.25, -0.2) is 0 Å². The Bertz CT molecular complexity index is 961. The normalized spacial score (nSPS) is 13.2. The topological polar surface area (TPSA) is 85.5 Å². The van der Waals surface area contributed by atoms with Crippen LogP contribution < -0.4 is 4.74 Å². The van der Waals surface area contributed by atoms with E-state index in [9.17, 15) is 9.59 Å². The highest BCUT2D eigenvalue weighted by Gasteiger charge is 2.34. The Morgan fingerprint density at radius 3 is 2.23 bits per heavy atom. The quantitative estimate of drug-likeness (QED) is 0.658. The number of rotatable bonds is 5. The summed E-state index contributed by atoms with van der Waals surface area (Å²) >= 11 is 0. The van der Waals surface area contributed by atoms with Crippen LogP contribution in [-0.4, -0.2) is 40.5 Å². The van der Waals surface area contributed by atoms with Gasteiger partial charge in [-0.05, 0) is 24.3 Å². The molecule has 130 valence electrons. The lowest BCUT2D eigenvalue weighted by Crippen LogP contribution is -2.31. The van der Waals surface area contributed by atoms with Crippen molar-refractivity contribution >= 4 is 11.8 Å². The van der Waals surface area contributed by atoms with Gasteiger partial charge in [-0.2, -0.15) is 4.98 Å². The Balaban J connectivity index is 1.49. The Morgan fingerprint density at radius 2 is 1.58 bits per heavy atom. The van der Waals surface area contributed by atoms with Crippen molar-refractivity contribution in [2.24, 2.45) is 0 Å². The minimum Gasteiger partial charge on any atom is -0.496 e. The monoisotopic (exact) mass is 349 g/mol. The highest BCUT2D eigenvalue weighted by molar-refractivity contribution is 6.21. The molecule has 0 fully saturated rings. The molecule has 0 bridgehead atoms. The highest BCUT2D eigenvalue weighted by Crippen LogP contribution is 2.27. The van der Waals surface area contributed by atoms with E-state index in [1.54, 1.807) is 31.4 Å². The number of para-hydroxylation sites is 1. The van der Waals surface area contributed by atoms with E-state index in [-0.39, 0.29) is 24.8 Å². The van der Waals surface area contributed by atoms with E-state index in [2.05, 4.69) is 10.1 Å². The summed E-state index contributed by atoms with van der Waals surface area (Å²) in [6, 6.07) is 14.1. The number of amides is 2. The Morgan fingerprint density at radius 1 is 0.962 bits per heavy atom. The number of carbonyl (C=O) groups excluding carboxylic acids is 2. The molecule has 0 saturated carbocycles. The molecule has 0 saturated heterocycles. The smallest absolute Gasteiger partial charge is 0.261 e. The fourth-order valence-electron chi connectivity index (χ4n) is 2.94. The van der Waals surface area contributed by atoms with E-state index in [0.29, 0.717) is 34.2 Å². The lowest BCUT2D eigenvalue weighted by molar-refractivity contribution is 0.0653. The van der Waals surface area contributed by atoms with Crippen LogP contribution in [0.2, 0.25) is 0 Å². The lowest BCUT2D eigenvalue weighted by atomic mass is 10.1. The van der Waals surface area contributed by atoms with Gasteiger partial charge in [-0.15, -0.1) is 0 Å². The molecule has 4 rings (SSSR count). The molecule has 0 atom stereocenters. The molecule has 0 radical (unpaired) electrons. The van der Waals surface area contributed by atoms with Gasteiger partial charge in [0.1, 0.15) is 5.75 Å². The first kappa shape index (κ1) is 16.0. The van der Waals surface area contributed by atoms with Gasteiger partial charge in [0, 0.05) is 13.0 Å². The van der Waals surface area contributed by atoms with Gasteiger partial charge < -0.3 is 9.26 Å². The maximum atomic E-state index is 12.4. The summed E-state index contributed by atoms with van der Waals surface area (Å²) in [4.78, 5) is 30.3. The first-order valence-corrected chi connectivity index (χ1v) is 8.10. The molecule has 1 aromatic heterocycles. The van der Waals surface area contributed by atoms with Crippen LogP contribution in [0.1, 0.15) is 26.6 Å². The zero-order chi connectivity index (χ0) is 18.1. The van der Waals surface area contributed by atoms with Crippen LogP contribution in [0.5, 0.6) is 5.75 Å². The first-order chi connectivity index (χ1) is 12.7. The number of aromatic nitrogens is 2. The van der Waals surface area contributed by atoms with Gasteiger partial charge in [0.25, 0.3) is 11.8 Å². The molecule has 3 aromatic rings. The van der Waals surface area contributed by atoms with Crippen molar-refractivity contribution in [1.82, 2.24) is 15.0 Å². The third-order valence-corrected chi connectivity index (χ3v) is 4.24. The van der Waals surface area contributed by atoms with Crippen molar-refractivity contribution in [3.8, 4) is 17.1 Å². The number of nitrogens with zero attached hydrogens (tertiary/aromatic N) is 3. The summed E-state index contributed by atoms with van der Waals surface area (Å²) in [7, 11) is 1.57. The number of ether oxygens (including phenoxy) is 1. The Hall–Kier alpha value is -3.48. The van der Waals surface area contributed by atoms with Crippen LogP contribution in [0.25, 0.3) is 11.4 Å². The van der Waals surface area contributed by atoms with Crippen LogP contribution in [-0.2, 0) is 6.42 Å². The molecule has 0 N–H and O–H groups in total. The Kier molecular flexibility index (Phi) is 3.96. The predicted octanol–water partition coefficient (Wildman–Crippen LogP) is 2.58. The van der Waals surface area contributed by atoms with Crippen molar-refractivity contribution in [3.05, 3.63) is 65.5 Å². The molecular weight excluding hydrogens is 334 g/mol. The number of benzene rings is 2. The van der Waals surface area contributed by atoms with Gasteiger partial charge >= 0.3 is 0 Å². The average Bonchev–Trinajstić information content (AvgIpc) is 3.24. The molecule has 7 heteroatoms. The van der Waals surface area contributed by atoms with E-state index in [0.717, 1.165) is 0 Å². The fourth-order valence-corrected chi connectivity index (χ4v) is 2.94. The fraction of sp³-hybridized carbons (Fsp3) is 0.158. The molecule has 1 aliphatic rings. The van der Waals surface area contributed by atoms with Gasteiger partial charge in [-0.3, -0.25) is 14.5 Å². The average molecular weight is 349 g/mol. The summed E-state index contributed by atoms with van der Waals surface area (Å²) in [5, 5.41) is 3.96. The van der Waals surface area contributed by atoms with E-state index >= 15 is 0 Å². The third-order valence-electron chi connectivity index (χ3n) is 4.24. The van der Waals surface area contributed by atoms with E-state index in [4.69, 9.17) is 9.26 Å². The summed E-state index contributed by atoms with van der Waals surface area (Å²) < 4.78 is 10.6. The van der Waals surface area contributed by atoms with E-state index < -0.39 is 0 Å². The van der Waals surface area contributed by atoms with E-state index in [1.807, 2.05) is 24.3 Å². The van der Waals surface area contributed by atoms with Crippen molar-refractivity contribution in [3.63, 3.8) is 0 Å². The Labute approximate surface area is 149 Å². The number of fused-ring (bicyclic) bond motifs is 1.